The summed E-state index contributed by atoms with van der Waals surface area (Å²) in [5, 5.41) is 67.6. The minimum atomic E-state index is -2.74. The van der Waals surface area contributed by atoms with Crippen molar-refractivity contribution in [1.82, 2.24) is 0 Å². The van der Waals surface area contributed by atoms with Crippen molar-refractivity contribution in [3.05, 3.63) is 0 Å². The molecule has 0 amide bonds. The van der Waals surface area contributed by atoms with Gasteiger partial charge in [0.25, 0.3) is 0 Å². The van der Waals surface area contributed by atoms with E-state index in [0.29, 0.717) is 0 Å². The maximum atomic E-state index is 10.3. The minimum Gasteiger partial charge on any atom is -0.481 e. The van der Waals surface area contributed by atoms with E-state index in [1.54, 1.807) is 0 Å². The molecule has 0 atom stereocenters. The van der Waals surface area contributed by atoms with Crippen LogP contribution < -0.4 is 0 Å². The van der Waals surface area contributed by atoms with Crippen LogP contribution in [0.2, 0.25) is 0 Å². The molecule has 0 saturated heterocycles. The second kappa shape index (κ2) is 23.5. The number of aliphatic carboxylic acids is 6. The SMILES string of the molecule is O.O.O.O=C(O)CC(O)(CC(=O)O)C(=O)O.O=C(O)CC(O)(CC(=O)O)C(=O)O.[Pb].[Pb].[Pb]. The predicted octanol–water partition coefficient (Wildman–Crippen LogP) is -6.11. The molecule has 32 heavy (non-hydrogen) atoms. The standard InChI is InChI=1S/2C6H8O7.3H2O.3Pb/c2*7-3(8)1-6(13,5(11)12)2-4(9)10;;;;;;/h2*13H,1-2H2,(H,7,8)(H,9,10)(H,11,12);3*1H2;;;. The van der Waals surface area contributed by atoms with Gasteiger partial charge in [0, 0.05) is 81.9 Å². The Morgan fingerprint density at radius 3 is 0.625 bits per heavy atom. The first-order valence-electron chi connectivity index (χ1n) is 6.34. The van der Waals surface area contributed by atoms with Crippen LogP contribution in [0.1, 0.15) is 25.7 Å². The fourth-order valence-electron chi connectivity index (χ4n) is 1.43. The van der Waals surface area contributed by atoms with Gasteiger partial charge in [-0.2, -0.15) is 0 Å². The summed E-state index contributed by atoms with van der Waals surface area (Å²) >= 11 is 0. The molecule has 0 unspecified atom stereocenters. The van der Waals surface area contributed by atoms with Gasteiger partial charge in [0.1, 0.15) is 0 Å². The zero-order valence-corrected chi connectivity index (χ0v) is 27.5. The van der Waals surface area contributed by atoms with Crippen LogP contribution in [0.15, 0.2) is 0 Å². The van der Waals surface area contributed by atoms with Gasteiger partial charge in [0.15, 0.2) is 11.2 Å². The molecule has 12 radical (unpaired) electrons. The van der Waals surface area contributed by atoms with Gasteiger partial charge in [0.2, 0.25) is 0 Å². The van der Waals surface area contributed by atoms with Crippen molar-refractivity contribution in [1.29, 1.82) is 0 Å². The van der Waals surface area contributed by atoms with Crippen LogP contribution in [0, 0.1) is 0 Å². The Balaban J connectivity index is -0.0000000505. The second-order valence-corrected chi connectivity index (χ2v) is 4.96. The van der Waals surface area contributed by atoms with Gasteiger partial charge in [-0.15, -0.1) is 0 Å². The van der Waals surface area contributed by atoms with E-state index in [0.717, 1.165) is 0 Å². The van der Waals surface area contributed by atoms with Gasteiger partial charge in [-0.05, 0) is 0 Å². The molecule has 184 valence electrons. The van der Waals surface area contributed by atoms with Crippen molar-refractivity contribution in [2.24, 2.45) is 0 Å². The van der Waals surface area contributed by atoms with E-state index in [9.17, 15) is 28.8 Å². The zero-order chi connectivity index (χ0) is 21.3. The van der Waals surface area contributed by atoms with Crippen molar-refractivity contribution < 1.29 is 86.0 Å². The normalized spacial score (nSPS) is 8.81. The van der Waals surface area contributed by atoms with Gasteiger partial charge in [-0.3, -0.25) is 19.2 Å². The molecule has 0 fully saturated rings. The number of hydrogen-bond acceptors (Lipinski definition) is 8. The van der Waals surface area contributed by atoms with Gasteiger partial charge in [0.05, 0.1) is 25.7 Å². The molecular formula is C12H22O17Pb3. The maximum Gasteiger partial charge on any atom is 0.336 e. The largest absolute Gasteiger partial charge is 0.481 e. The van der Waals surface area contributed by atoms with E-state index in [1.165, 1.54) is 0 Å². The smallest absolute Gasteiger partial charge is 0.336 e. The van der Waals surface area contributed by atoms with Gasteiger partial charge in [-0.25, -0.2) is 9.59 Å². The average molecular weight is 1060 g/mol. The Morgan fingerprint density at radius 1 is 0.438 bits per heavy atom. The van der Waals surface area contributed by atoms with E-state index in [-0.39, 0.29) is 98.3 Å². The maximum absolute atomic E-state index is 10.3. The number of carbonyl (C=O) groups is 6. The van der Waals surface area contributed by atoms with E-state index in [4.69, 9.17) is 40.9 Å². The molecule has 0 aromatic carbocycles. The van der Waals surface area contributed by atoms with Crippen molar-refractivity contribution in [3.8, 4) is 0 Å². The molecule has 0 saturated carbocycles. The minimum absolute atomic E-state index is 0. The van der Waals surface area contributed by atoms with Crippen molar-refractivity contribution in [3.63, 3.8) is 0 Å². The Kier molecular flexibility index (Phi) is 39.0. The number of aliphatic hydroxyl groups is 2. The van der Waals surface area contributed by atoms with Crippen LogP contribution in [0.25, 0.3) is 0 Å². The molecule has 0 bridgehead atoms. The summed E-state index contributed by atoms with van der Waals surface area (Å²) in [4.78, 5) is 61.0. The van der Waals surface area contributed by atoms with Crippen LogP contribution >= 0.6 is 0 Å². The Morgan fingerprint density at radius 2 is 0.562 bits per heavy atom. The molecule has 0 spiro atoms. The van der Waals surface area contributed by atoms with Crippen LogP contribution in [0.5, 0.6) is 0 Å². The zero-order valence-electron chi connectivity index (χ0n) is 15.9. The molecule has 17 nitrogen and oxygen atoms in total. The van der Waals surface area contributed by atoms with E-state index in [1.807, 2.05) is 0 Å². The molecular weight excluding hydrogens is 1040 g/mol. The Hall–Kier alpha value is -0.614. The first-order chi connectivity index (χ1) is 11.6. The van der Waals surface area contributed by atoms with Crippen LogP contribution in [-0.4, -0.2) is 186 Å². The van der Waals surface area contributed by atoms with Crippen LogP contribution in [-0.2, 0) is 28.8 Å². The van der Waals surface area contributed by atoms with E-state index < -0.39 is 72.7 Å². The molecule has 0 aromatic heterocycles. The third-order valence-corrected chi connectivity index (χ3v) is 2.57. The first kappa shape index (κ1) is 53.0. The fourth-order valence-corrected chi connectivity index (χ4v) is 1.43. The summed E-state index contributed by atoms with van der Waals surface area (Å²) in [7, 11) is 0. The molecule has 14 N–H and O–H groups in total. The number of carboxylic acid groups (broad SMARTS) is 6. The number of hydrogen-bond donors (Lipinski definition) is 8. The topological polar surface area (TPSA) is 359 Å². The number of rotatable bonds is 10. The summed E-state index contributed by atoms with van der Waals surface area (Å²) < 4.78 is 0. The first-order valence-corrected chi connectivity index (χ1v) is 6.34. The second-order valence-electron chi connectivity index (χ2n) is 4.96. The van der Waals surface area contributed by atoms with Gasteiger partial charge < -0.3 is 57.3 Å². The summed E-state index contributed by atoms with van der Waals surface area (Å²) in [6.07, 6.45) is -4.58. The van der Waals surface area contributed by atoms with E-state index >= 15 is 0 Å². The third-order valence-electron chi connectivity index (χ3n) is 2.57. The van der Waals surface area contributed by atoms with Crippen molar-refractivity contribution >= 4 is 118 Å². The fraction of sp³-hybridized carbons (Fsp3) is 0.500. The van der Waals surface area contributed by atoms with Crippen molar-refractivity contribution in [2.75, 3.05) is 0 Å². The van der Waals surface area contributed by atoms with Gasteiger partial charge in [-0.1, -0.05) is 0 Å². The van der Waals surface area contributed by atoms with Gasteiger partial charge >= 0.3 is 35.8 Å². The van der Waals surface area contributed by atoms with Crippen LogP contribution in [0.4, 0.5) is 0 Å². The Labute approximate surface area is 238 Å². The summed E-state index contributed by atoms with van der Waals surface area (Å²) in [6, 6.07) is 0. The third kappa shape index (κ3) is 24.0. The molecule has 20 heteroatoms. The monoisotopic (exact) mass is 1060 g/mol. The van der Waals surface area contributed by atoms with Crippen LogP contribution in [0.3, 0.4) is 0 Å². The van der Waals surface area contributed by atoms with Crippen molar-refractivity contribution in [2.45, 2.75) is 36.9 Å². The molecule has 0 aliphatic heterocycles. The molecule has 0 aliphatic carbocycles. The Bertz CT molecular complexity index is 524. The summed E-state index contributed by atoms with van der Waals surface area (Å²) in [5.41, 5.74) is -5.48. The molecule has 0 rings (SSSR count). The molecule has 0 heterocycles. The van der Waals surface area contributed by atoms with E-state index in [2.05, 4.69) is 0 Å². The molecule has 0 aliphatic rings. The predicted molar refractivity (Wildman–Crippen MR) is 102 cm³/mol. The summed E-state index contributed by atoms with van der Waals surface area (Å²) in [5.74, 6) is -10.0. The average Bonchev–Trinajstić information content (AvgIpc) is 2.34. The number of carboxylic acids is 6. The summed E-state index contributed by atoms with van der Waals surface area (Å²) in [6.45, 7) is 0. The quantitative estimate of drug-likeness (QED) is 0.0945. The molecule has 0 aromatic rings.